The topological polar surface area (TPSA) is 63.6 Å². The lowest BCUT2D eigenvalue weighted by molar-refractivity contribution is -0.168. The molecule has 1 N–H and O–H groups in total. The number of ether oxygens (including phenoxy) is 1. The van der Waals surface area contributed by atoms with Gasteiger partial charge in [-0.15, -0.1) is 0 Å². The number of carbonyl (C=O) groups excluding carboxylic acids is 2. The first kappa shape index (κ1) is 26.7. The molecule has 202 valence electrons. The Hall–Kier alpha value is -1.94. The molecule has 0 aromatic carbocycles. The molecule has 37 heavy (non-hydrogen) atoms. The van der Waals surface area contributed by atoms with Crippen LogP contribution in [0.3, 0.4) is 0 Å². The van der Waals surface area contributed by atoms with E-state index in [9.17, 15) is 14.7 Å². The quantitative estimate of drug-likeness (QED) is 0.390. The van der Waals surface area contributed by atoms with Crippen molar-refractivity contribution < 1.29 is 19.4 Å². The average molecular weight is 507 g/mol. The molecule has 0 saturated heterocycles. The number of carbonyl (C=O) groups is 2. The summed E-state index contributed by atoms with van der Waals surface area (Å²) in [6, 6.07) is 0. The van der Waals surface area contributed by atoms with Crippen molar-refractivity contribution in [3.63, 3.8) is 0 Å². The molecular formula is C33H46O4. The van der Waals surface area contributed by atoms with Gasteiger partial charge in [0, 0.05) is 36.5 Å². The van der Waals surface area contributed by atoms with Gasteiger partial charge in [0.25, 0.3) is 0 Å². The van der Waals surface area contributed by atoms with E-state index in [0.717, 1.165) is 56.1 Å². The highest BCUT2D eigenvalue weighted by Gasteiger charge is 2.67. The molecule has 6 atom stereocenters. The normalized spacial score (nSPS) is 43.1. The van der Waals surface area contributed by atoms with Crippen LogP contribution in [0.15, 0.2) is 46.3 Å². The van der Waals surface area contributed by atoms with Gasteiger partial charge in [0.2, 0.25) is 5.78 Å². The molecule has 5 aliphatic rings. The molecule has 4 heteroatoms. The Morgan fingerprint density at radius 2 is 1.73 bits per heavy atom. The SMILES string of the molecule is COCCCC(=O)[C@]1(C)CC[C@]2(C)CC[C@]3(C)C4=CC=C5C(=CC(=O)C(O)=C5C)[C@]4(C)CC[C@@]3(C)[C@@H]2C1. The standard InChI is InChI=1S/C33H46O4/c1-21-22-10-11-25-31(4,23(22)19-24(34)28(21)36)15-17-33(6)26-20-30(3,27(35)9-8-18-37-7)13-12-29(26,2)14-16-32(25,33)5/h10-11,19,26,36H,8-9,12-18,20H2,1-7H3/t26-,29-,30-,31+,32-,33+/m1/s1. The van der Waals surface area contributed by atoms with Crippen LogP contribution in [0.25, 0.3) is 0 Å². The fourth-order valence-corrected chi connectivity index (χ4v) is 9.39. The third-order valence-electron chi connectivity index (χ3n) is 12.3. The summed E-state index contributed by atoms with van der Waals surface area (Å²) in [6.45, 7) is 14.6. The largest absolute Gasteiger partial charge is 0.504 e. The number of Topliss-reactive ketones (excluding diaryl/α,β-unsaturated/α-hetero) is 1. The first-order chi connectivity index (χ1) is 17.3. The Morgan fingerprint density at radius 1 is 1.03 bits per heavy atom. The summed E-state index contributed by atoms with van der Waals surface area (Å²) in [5.74, 6) is 0.511. The van der Waals surface area contributed by atoms with Crippen molar-refractivity contribution in [2.75, 3.05) is 13.7 Å². The van der Waals surface area contributed by atoms with Crippen LogP contribution >= 0.6 is 0 Å². The summed E-state index contributed by atoms with van der Waals surface area (Å²) in [5, 5.41) is 10.4. The number of hydrogen-bond acceptors (Lipinski definition) is 4. The van der Waals surface area contributed by atoms with Gasteiger partial charge in [0.1, 0.15) is 5.78 Å². The van der Waals surface area contributed by atoms with Crippen LogP contribution in [-0.2, 0) is 14.3 Å². The zero-order valence-corrected chi connectivity index (χ0v) is 24.1. The summed E-state index contributed by atoms with van der Waals surface area (Å²) in [6.07, 6.45) is 15.1. The third kappa shape index (κ3) is 3.57. The number of fused-ring (bicyclic) bond motifs is 7. The van der Waals surface area contributed by atoms with E-state index in [0.29, 0.717) is 30.3 Å². The van der Waals surface area contributed by atoms with E-state index < -0.39 is 0 Å². The second-order valence-electron chi connectivity index (χ2n) is 14.1. The van der Waals surface area contributed by atoms with E-state index >= 15 is 0 Å². The molecule has 3 fully saturated rings. The zero-order valence-electron chi connectivity index (χ0n) is 24.1. The molecule has 0 aliphatic heterocycles. The van der Waals surface area contributed by atoms with Gasteiger partial charge in [-0.05, 0) is 97.7 Å². The van der Waals surface area contributed by atoms with Crippen molar-refractivity contribution in [2.45, 2.75) is 99.3 Å². The Kier molecular flexibility index (Phi) is 6.15. The van der Waals surface area contributed by atoms with Gasteiger partial charge in [-0.25, -0.2) is 0 Å². The number of rotatable bonds is 5. The van der Waals surface area contributed by atoms with Crippen LogP contribution < -0.4 is 0 Å². The molecule has 4 nitrogen and oxygen atoms in total. The highest BCUT2D eigenvalue weighted by atomic mass is 16.5. The van der Waals surface area contributed by atoms with Crippen LogP contribution in [0.4, 0.5) is 0 Å². The van der Waals surface area contributed by atoms with Crippen molar-refractivity contribution in [2.24, 2.45) is 33.0 Å². The summed E-state index contributed by atoms with van der Waals surface area (Å²) < 4.78 is 5.23. The molecule has 0 heterocycles. The minimum atomic E-state index is -0.267. The van der Waals surface area contributed by atoms with Gasteiger partial charge < -0.3 is 9.84 Å². The van der Waals surface area contributed by atoms with Gasteiger partial charge in [0.15, 0.2) is 5.76 Å². The number of methoxy groups -OCH3 is 1. The fourth-order valence-electron chi connectivity index (χ4n) is 9.39. The monoisotopic (exact) mass is 506 g/mol. The Morgan fingerprint density at radius 3 is 2.43 bits per heavy atom. The number of hydrogen-bond donors (Lipinski definition) is 1. The Bertz CT molecular complexity index is 1170. The molecular weight excluding hydrogens is 460 g/mol. The van der Waals surface area contributed by atoms with Crippen LogP contribution in [0.2, 0.25) is 0 Å². The van der Waals surface area contributed by atoms with Crippen LogP contribution in [0.1, 0.15) is 99.3 Å². The summed E-state index contributed by atoms with van der Waals surface area (Å²) in [7, 11) is 1.70. The van der Waals surface area contributed by atoms with E-state index in [1.165, 1.54) is 12.0 Å². The highest BCUT2D eigenvalue weighted by molar-refractivity contribution is 6.06. The summed E-state index contributed by atoms with van der Waals surface area (Å²) in [4.78, 5) is 26.2. The molecule has 0 spiro atoms. The van der Waals surface area contributed by atoms with Gasteiger partial charge >= 0.3 is 0 Å². The first-order valence-electron chi connectivity index (χ1n) is 14.4. The van der Waals surface area contributed by atoms with Gasteiger partial charge in [-0.2, -0.15) is 0 Å². The minimum Gasteiger partial charge on any atom is -0.504 e. The number of ketones is 2. The highest BCUT2D eigenvalue weighted by Crippen LogP contribution is 2.75. The van der Waals surface area contributed by atoms with Crippen LogP contribution in [0, 0.1) is 33.0 Å². The molecule has 5 aliphatic carbocycles. The van der Waals surface area contributed by atoms with Gasteiger partial charge in [-0.3, -0.25) is 9.59 Å². The predicted molar refractivity (Wildman–Crippen MR) is 147 cm³/mol. The molecule has 0 aromatic rings. The average Bonchev–Trinajstić information content (AvgIpc) is 2.86. The van der Waals surface area contributed by atoms with Crippen LogP contribution in [0.5, 0.6) is 0 Å². The maximum atomic E-state index is 13.5. The lowest BCUT2D eigenvalue weighted by Gasteiger charge is -2.70. The number of aliphatic hydroxyl groups excluding tert-OH is 1. The van der Waals surface area contributed by atoms with E-state index in [2.05, 4.69) is 46.8 Å². The van der Waals surface area contributed by atoms with Crippen molar-refractivity contribution in [3.8, 4) is 0 Å². The smallest absolute Gasteiger partial charge is 0.220 e. The van der Waals surface area contributed by atoms with Crippen molar-refractivity contribution in [1.29, 1.82) is 0 Å². The molecule has 0 unspecified atom stereocenters. The maximum Gasteiger partial charge on any atom is 0.220 e. The lowest BCUT2D eigenvalue weighted by Crippen LogP contribution is -2.62. The maximum absolute atomic E-state index is 13.5. The molecule has 0 aromatic heterocycles. The van der Waals surface area contributed by atoms with Crippen molar-refractivity contribution in [3.05, 3.63) is 46.3 Å². The number of allylic oxidation sites excluding steroid dienone is 7. The van der Waals surface area contributed by atoms with Crippen LogP contribution in [-0.4, -0.2) is 30.4 Å². The van der Waals surface area contributed by atoms with Gasteiger partial charge in [-0.1, -0.05) is 52.3 Å². The summed E-state index contributed by atoms with van der Waals surface area (Å²) in [5.41, 5.74) is 4.11. The second kappa shape index (κ2) is 8.53. The summed E-state index contributed by atoms with van der Waals surface area (Å²) >= 11 is 0. The first-order valence-corrected chi connectivity index (χ1v) is 14.4. The van der Waals surface area contributed by atoms with E-state index in [1.807, 2.05) is 6.92 Å². The van der Waals surface area contributed by atoms with Gasteiger partial charge in [0.05, 0.1) is 0 Å². The van der Waals surface area contributed by atoms with E-state index in [4.69, 9.17) is 4.74 Å². The predicted octanol–water partition coefficient (Wildman–Crippen LogP) is 7.61. The molecule has 5 rings (SSSR count). The minimum absolute atomic E-state index is 0.00937. The van der Waals surface area contributed by atoms with Crippen molar-refractivity contribution in [1.82, 2.24) is 0 Å². The van der Waals surface area contributed by atoms with Crippen molar-refractivity contribution >= 4 is 11.6 Å². The zero-order chi connectivity index (χ0) is 27.0. The molecule has 0 bridgehead atoms. The molecule has 0 amide bonds. The molecule has 3 saturated carbocycles. The fraction of sp³-hybridized carbons (Fsp3) is 0.697. The van der Waals surface area contributed by atoms with E-state index in [1.54, 1.807) is 13.2 Å². The Balaban J connectivity index is 1.54. The lowest BCUT2D eigenvalue weighted by atomic mass is 9.34. The molecule has 0 radical (unpaired) electrons. The number of aliphatic hydroxyl groups is 1. The Labute approximate surface area is 223 Å². The third-order valence-corrected chi connectivity index (χ3v) is 12.3. The van der Waals surface area contributed by atoms with E-state index in [-0.39, 0.29) is 38.6 Å². The second-order valence-corrected chi connectivity index (χ2v) is 14.1.